The first-order chi connectivity index (χ1) is 10.6. The summed E-state index contributed by atoms with van der Waals surface area (Å²) < 4.78 is 2.08. The first-order valence-corrected chi connectivity index (χ1v) is 8.26. The van der Waals surface area contributed by atoms with Gasteiger partial charge in [0.15, 0.2) is 0 Å². The van der Waals surface area contributed by atoms with E-state index in [1.54, 1.807) is 11.3 Å². The second-order valence-corrected chi connectivity index (χ2v) is 6.46. The van der Waals surface area contributed by atoms with Crippen LogP contribution < -0.4 is 5.32 Å². The van der Waals surface area contributed by atoms with Crippen LogP contribution in [-0.2, 0) is 6.54 Å². The van der Waals surface area contributed by atoms with Gasteiger partial charge in [-0.05, 0) is 38.5 Å². The number of hydrogen-bond acceptors (Lipinski definition) is 4. The monoisotopic (exact) mass is 312 g/mol. The molecule has 1 N–H and O–H groups in total. The molecule has 22 heavy (non-hydrogen) atoms. The molecule has 0 radical (unpaired) electrons. The zero-order valence-corrected chi connectivity index (χ0v) is 13.9. The molecule has 4 nitrogen and oxygen atoms in total. The molecular formula is C17H20N4S. The van der Waals surface area contributed by atoms with E-state index in [2.05, 4.69) is 56.4 Å². The molecule has 0 amide bonds. The number of rotatable bonds is 5. The van der Waals surface area contributed by atoms with Crippen molar-refractivity contribution in [2.75, 3.05) is 0 Å². The van der Waals surface area contributed by atoms with Crippen LogP contribution in [0.3, 0.4) is 0 Å². The summed E-state index contributed by atoms with van der Waals surface area (Å²) in [5.74, 6) is 0.998. The van der Waals surface area contributed by atoms with Gasteiger partial charge in [-0.25, -0.2) is 9.97 Å². The molecule has 0 bridgehead atoms. The van der Waals surface area contributed by atoms with Crippen LogP contribution in [0.5, 0.6) is 0 Å². The van der Waals surface area contributed by atoms with Gasteiger partial charge in [0.25, 0.3) is 0 Å². The SMILES string of the molecule is Cc1nc(CN[C@@H](C)c2ccc(-n3ccnc3C)cc2)cs1. The highest BCUT2D eigenvalue weighted by atomic mass is 32.1. The predicted octanol–water partition coefficient (Wildman–Crippen LogP) is 3.80. The summed E-state index contributed by atoms with van der Waals surface area (Å²) in [6, 6.07) is 8.89. The standard InChI is InChI=1S/C17H20N4S/c1-12(19-10-16-11-22-14(3)20-16)15-4-6-17(7-5-15)21-9-8-18-13(21)2/h4-9,11-12,19H,10H2,1-3H3/t12-/m0/s1. The molecule has 3 aromatic rings. The Morgan fingerprint density at radius 2 is 2.00 bits per heavy atom. The van der Waals surface area contributed by atoms with Gasteiger partial charge in [-0.3, -0.25) is 0 Å². The van der Waals surface area contributed by atoms with Crippen molar-refractivity contribution in [2.45, 2.75) is 33.4 Å². The van der Waals surface area contributed by atoms with E-state index < -0.39 is 0 Å². The van der Waals surface area contributed by atoms with Crippen LogP contribution in [0.4, 0.5) is 0 Å². The van der Waals surface area contributed by atoms with Gasteiger partial charge < -0.3 is 9.88 Å². The van der Waals surface area contributed by atoms with E-state index in [0.717, 1.165) is 28.8 Å². The molecule has 0 saturated heterocycles. The number of aromatic nitrogens is 3. The van der Waals surface area contributed by atoms with E-state index in [4.69, 9.17) is 0 Å². The Bertz CT molecular complexity index is 742. The van der Waals surface area contributed by atoms with E-state index in [1.165, 1.54) is 5.56 Å². The number of nitrogens with zero attached hydrogens (tertiary/aromatic N) is 3. The lowest BCUT2D eigenvalue weighted by Gasteiger charge is -2.14. The fourth-order valence-electron chi connectivity index (χ4n) is 2.44. The maximum atomic E-state index is 4.48. The molecule has 1 atom stereocenters. The van der Waals surface area contributed by atoms with E-state index in [-0.39, 0.29) is 0 Å². The van der Waals surface area contributed by atoms with Crippen molar-refractivity contribution in [3.05, 3.63) is 64.1 Å². The average Bonchev–Trinajstić information content (AvgIpc) is 3.13. The van der Waals surface area contributed by atoms with E-state index >= 15 is 0 Å². The lowest BCUT2D eigenvalue weighted by molar-refractivity contribution is 0.568. The van der Waals surface area contributed by atoms with Crippen LogP contribution in [0.15, 0.2) is 42.0 Å². The predicted molar refractivity (Wildman–Crippen MR) is 90.4 cm³/mol. The Hall–Kier alpha value is -1.98. The quantitative estimate of drug-likeness (QED) is 0.779. The van der Waals surface area contributed by atoms with Gasteiger partial charge in [0.2, 0.25) is 0 Å². The Kier molecular flexibility index (Phi) is 4.36. The minimum atomic E-state index is 0.292. The minimum Gasteiger partial charge on any atom is -0.305 e. The van der Waals surface area contributed by atoms with Crippen molar-refractivity contribution in [1.29, 1.82) is 0 Å². The third-order valence-corrected chi connectivity index (χ3v) is 4.58. The number of imidazole rings is 1. The molecule has 0 unspecified atom stereocenters. The molecule has 1 aromatic carbocycles. The maximum absolute atomic E-state index is 4.48. The third-order valence-electron chi connectivity index (χ3n) is 3.75. The first-order valence-electron chi connectivity index (χ1n) is 7.38. The van der Waals surface area contributed by atoms with Gasteiger partial charge in [-0.2, -0.15) is 0 Å². The van der Waals surface area contributed by atoms with Crippen molar-refractivity contribution < 1.29 is 0 Å². The second-order valence-electron chi connectivity index (χ2n) is 5.40. The summed E-state index contributed by atoms with van der Waals surface area (Å²) >= 11 is 1.69. The normalized spacial score (nSPS) is 12.5. The molecular weight excluding hydrogens is 292 g/mol. The highest BCUT2D eigenvalue weighted by Gasteiger charge is 2.07. The van der Waals surface area contributed by atoms with Crippen molar-refractivity contribution in [3.8, 4) is 5.69 Å². The lowest BCUT2D eigenvalue weighted by atomic mass is 10.1. The van der Waals surface area contributed by atoms with E-state index in [9.17, 15) is 0 Å². The molecule has 0 aliphatic carbocycles. The number of thiazole rings is 1. The largest absolute Gasteiger partial charge is 0.305 e. The molecule has 0 saturated carbocycles. The summed E-state index contributed by atoms with van der Waals surface area (Å²) in [6.07, 6.45) is 3.81. The fraction of sp³-hybridized carbons (Fsp3) is 0.294. The highest BCUT2D eigenvalue weighted by Crippen LogP contribution is 2.17. The topological polar surface area (TPSA) is 42.7 Å². The summed E-state index contributed by atoms with van der Waals surface area (Å²) in [4.78, 5) is 8.74. The molecule has 5 heteroatoms. The Balaban J connectivity index is 1.66. The zero-order chi connectivity index (χ0) is 15.5. The van der Waals surface area contributed by atoms with Crippen molar-refractivity contribution in [3.63, 3.8) is 0 Å². The maximum Gasteiger partial charge on any atom is 0.110 e. The molecule has 0 fully saturated rings. The van der Waals surface area contributed by atoms with Crippen molar-refractivity contribution >= 4 is 11.3 Å². The van der Waals surface area contributed by atoms with Gasteiger partial charge in [-0.1, -0.05) is 12.1 Å². The Morgan fingerprint density at radius 3 is 2.59 bits per heavy atom. The second kappa shape index (κ2) is 6.42. The van der Waals surface area contributed by atoms with Gasteiger partial charge in [-0.15, -0.1) is 11.3 Å². The average molecular weight is 312 g/mol. The van der Waals surface area contributed by atoms with Crippen LogP contribution in [-0.4, -0.2) is 14.5 Å². The van der Waals surface area contributed by atoms with Gasteiger partial charge in [0, 0.05) is 36.0 Å². The number of benzene rings is 1. The van der Waals surface area contributed by atoms with Gasteiger partial charge in [0.05, 0.1) is 10.7 Å². The fourth-order valence-corrected chi connectivity index (χ4v) is 3.05. The molecule has 0 spiro atoms. The lowest BCUT2D eigenvalue weighted by Crippen LogP contribution is -2.18. The summed E-state index contributed by atoms with van der Waals surface area (Å²) in [7, 11) is 0. The molecule has 0 aliphatic rings. The number of aryl methyl sites for hydroxylation is 2. The molecule has 114 valence electrons. The molecule has 2 heterocycles. The third kappa shape index (κ3) is 3.26. The van der Waals surface area contributed by atoms with Crippen LogP contribution in [0.2, 0.25) is 0 Å². The van der Waals surface area contributed by atoms with Gasteiger partial charge in [0.1, 0.15) is 5.82 Å². The summed E-state index contributed by atoms with van der Waals surface area (Å²) in [5.41, 5.74) is 3.52. The minimum absolute atomic E-state index is 0.292. The zero-order valence-electron chi connectivity index (χ0n) is 13.1. The molecule has 3 rings (SSSR count). The number of nitrogens with one attached hydrogen (secondary N) is 1. The highest BCUT2D eigenvalue weighted by molar-refractivity contribution is 7.09. The van der Waals surface area contributed by atoms with E-state index in [0.29, 0.717) is 6.04 Å². The number of hydrogen-bond donors (Lipinski definition) is 1. The van der Waals surface area contributed by atoms with Gasteiger partial charge >= 0.3 is 0 Å². The smallest absolute Gasteiger partial charge is 0.110 e. The van der Waals surface area contributed by atoms with Crippen LogP contribution in [0.1, 0.15) is 35.1 Å². The summed E-state index contributed by atoms with van der Waals surface area (Å²) in [6.45, 7) is 7.02. The first kappa shape index (κ1) is 14.9. The Labute approximate surface area is 134 Å². The van der Waals surface area contributed by atoms with E-state index in [1.807, 2.05) is 26.2 Å². The molecule has 0 aliphatic heterocycles. The van der Waals surface area contributed by atoms with Crippen LogP contribution >= 0.6 is 11.3 Å². The summed E-state index contributed by atoms with van der Waals surface area (Å²) in [5, 5.41) is 6.75. The van der Waals surface area contributed by atoms with Crippen LogP contribution in [0.25, 0.3) is 5.69 Å². The van der Waals surface area contributed by atoms with Crippen LogP contribution in [0, 0.1) is 13.8 Å². The van der Waals surface area contributed by atoms with Crippen molar-refractivity contribution in [1.82, 2.24) is 19.9 Å². The Morgan fingerprint density at radius 1 is 1.23 bits per heavy atom. The van der Waals surface area contributed by atoms with Crippen molar-refractivity contribution in [2.24, 2.45) is 0 Å². The molecule has 2 aromatic heterocycles.